The van der Waals surface area contributed by atoms with E-state index in [1.165, 1.54) is 7.11 Å². The van der Waals surface area contributed by atoms with E-state index in [0.717, 1.165) is 7.11 Å². The lowest BCUT2D eigenvalue weighted by Crippen LogP contribution is -2.52. The average molecular weight is 260 g/mol. The minimum absolute atomic E-state index is 0.200. The molecule has 0 bridgehead atoms. The van der Waals surface area contributed by atoms with Gasteiger partial charge in [0.15, 0.2) is 0 Å². The molecule has 0 aromatic heterocycles. The highest BCUT2D eigenvalue weighted by Gasteiger charge is 2.33. The predicted octanol–water partition coefficient (Wildman–Crippen LogP) is -0.370. The van der Waals surface area contributed by atoms with Crippen LogP contribution >= 0.6 is 0 Å². The molecule has 2 atom stereocenters. The van der Waals surface area contributed by atoms with E-state index in [2.05, 4.69) is 14.8 Å². The number of carbonyl (C=O) groups is 3. The molecule has 1 unspecified atom stereocenters. The van der Waals surface area contributed by atoms with Crippen LogP contribution < -0.4 is 10.6 Å². The van der Waals surface area contributed by atoms with Gasteiger partial charge in [-0.3, -0.25) is 10.1 Å². The van der Waals surface area contributed by atoms with Crippen molar-refractivity contribution >= 4 is 18.1 Å². The van der Waals surface area contributed by atoms with Crippen molar-refractivity contribution in [3.8, 4) is 0 Å². The summed E-state index contributed by atoms with van der Waals surface area (Å²) in [7, 11) is 2.33. The summed E-state index contributed by atoms with van der Waals surface area (Å²) in [6.07, 6.45) is -1.01. The van der Waals surface area contributed by atoms with E-state index >= 15 is 0 Å². The van der Waals surface area contributed by atoms with Gasteiger partial charge in [0.05, 0.1) is 20.8 Å². The predicted molar refractivity (Wildman–Crippen MR) is 58.8 cm³/mol. The van der Waals surface area contributed by atoms with Crippen LogP contribution in [-0.2, 0) is 19.0 Å². The highest BCUT2D eigenvalue weighted by atomic mass is 16.5. The minimum Gasteiger partial charge on any atom is -0.453 e. The SMILES string of the molecule is COC(=O)NC(=O)C(NC(=O)OC)[C@H]1CCOC1. The van der Waals surface area contributed by atoms with Crippen LogP contribution in [0.5, 0.6) is 0 Å². The van der Waals surface area contributed by atoms with Gasteiger partial charge in [0, 0.05) is 12.5 Å². The lowest BCUT2D eigenvalue weighted by molar-refractivity contribution is -0.123. The number of hydrogen-bond donors (Lipinski definition) is 2. The molecular formula is C10H16N2O6. The van der Waals surface area contributed by atoms with Crippen LogP contribution in [0.4, 0.5) is 9.59 Å². The first-order valence-corrected chi connectivity index (χ1v) is 5.39. The first-order chi connectivity index (χ1) is 8.58. The number of nitrogens with one attached hydrogen (secondary N) is 2. The number of amides is 3. The third-order valence-corrected chi connectivity index (χ3v) is 2.59. The summed E-state index contributed by atoms with van der Waals surface area (Å²) in [5.41, 5.74) is 0. The topological polar surface area (TPSA) is 103 Å². The molecule has 3 amide bonds. The van der Waals surface area contributed by atoms with Crippen molar-refractivity contribution < 1.29 is 28.6 Å². The second-order valence-electron chi connectivity index (χ2n) is 3.72. The molecule has 0 aromatic rings. The molecule has 0 radical (unpaired) electrons. The first kappa shape index (κ1) is 14.2. The van der Waals surface area contributed by atoms with E-state index in [0.29, 0.717) is 19.6 Å². The van der Waals surface area contributed by atoms with Crippen LogP contribution in [0.3, 0.4) is 0 Å². The summed E-state index contributed by atoms with van der Waals surface area (Å²) < 4.78 is 13.9. The fourth-order valence-corrected chi connectivity index (χ4v) is 1.63. The Labute approximate surface area is 104 Å². The molecule has 0 spiro atoms. The van der Waals surface area contributed by atoms with Crippen LogP contribution in [-0.4, -0.2) is 51.6 Å². The molecule has 1 fully saturated rings. The first-order valence-electron chi connectivity index (χ1n) is 5.39. The molecular weight excluding hydrogens is 244 g/mol. The molecule has 1 aliphatic rings. The van der Waals surface area contributed by atoms with E-state index in [1.54, 1.807) is 0 Å². The van der Waals surface area contributed by atoms with Gasteiger partial charge in [-0.25, -0.2) is 9.59 Å². The van der Waals surface area contributed by atoms with Crippen molar-refractivity contribution in [1.29, 1.82) is 0 Å². The Morgan fingerprint density at radius 2 is 1.89 bits per heavy atom. The summed E-state index contributed by atoms with van der Waals surface area (Å²) >= 11 is 0. The third kappa shape index (κ3) is 3.88. The summed E-state index contributed by atoms with van der Waals surface area (Å²) in [4.78, 5) is 33.9. The molecule has 1 heterocycles. The second kappa shape index (κ2) is 6.80. The molecule has 18 heavy (non-hydrogen) atoms. The van der Waals surface area contributed by atoms with Crippen LogP contribution in [0.2, 0.25) is 0 Å². The van der Waals surface area contributed by atoms with Gasteiger partial charge in [-0.2, -0.15) is 0 Å². The van der Waals surface area contributed by atoms with Crippen molar-refractivity contribution in [2.75, 3.05) is 27.4 Å². The van der Waals surface area contributed by atoms with E-state index < -0.39 is 24.1 Å². The van der Waals surface area contributed by atoms with Crippen LogP contribution in [0.15, 0.2) is 0 Å². The maximum absolute atomic E-state index is 11.8. The zero-order chi connectivity index (χ0) is 13.5. The largest absolute Gasteiger partial charge is 0.453 e. The normalized spacial score (nSPS) is 19.8. The second-order valence-corrected chi connectivity index (χ2v) is 3.72. The zero-order valence-electron chi connectivity index (χ0n) is 10.2. The molecule has 0 aliphatic carbocycles. The van der Waals surface area contributed by atoms with Crippen LogP contribution in [0, 0.1) is 5.92 Å². The fraction of sp³-hybridized carbons (Fsp3) is 0.700. The highest BCUT2D eigenvalue weighted by Crippen LogP contribution is 2.17. The van der Waals surface area contributed by atoms with E-state index in [9.17, 15) is 14.4 Å². The van der Waals surface area contributed by atoms with Gasteiger partial charge in [-0.15, -0.1) is 0 Å². The van der Waals surface area contributed by atoms with E-state index in [1.807, 2.05) is 5.32 Å². The molecule has 1 rings (SSSR count). The average Bonchev–Trinajstić information content (AvgIpc) is 2.88. The Hall–Kier alpha value is -1.83. The van der Waals surface area contributed by atoms with Gasteiger partial charge in [-0.05, 0) is 6.42 Å². The quantitative estimate of drug-likeness (QED) is 0.717. The van der Waals surface area contributed by atoms with Crippen molar-refractivity contribution in [3.63, 3.8) is 0 Å². The molecule has 102 valence electrons. The summed E-state index contributed by atoms with van der Waals surface area (Å²) in [5, 5.41) is 4.39. The Balaban J connectivity index is 2.66. The van der Waals surface area contributed by atoms with Gasteiger partial charge < -0.3 is 19.5 Å². The number of hydrogen-bond acceptors (Lipinski definition) is 6. The summed E-state index contributed by atoms with van der Waals surface area (Å²) in [6, 6.07) is -0.890. The Bertz CT molecular complexity index is 326. The highest BCUT2D eigenvalue weighted by molar-refractivity contribution is 5.96. The molecule has 0 aromatic carbocycles. The molecule has 8 heteroatoms. The monoisotopic (exact) mass is 260 g/mol. The van der Waals surface area contributed by atoms with Crippen molar-refractivity contribution in [2.24, 2.45) is 5.92 Å². The van der Waals surface area contributed by atoms with Gasteiger partial charge in [0.25, 0.3) is 5.91 Å². The Morgan fingerprint density at radius 3 is 2.39 bits per heavy atom. The van der Waals surface area contributed by atoms with Gasteiger partial charge >= 0.3 is 12.2 Å². The Kier molecular flexibility index (Phi) is 5.37. The molecule has 1 saturated heterocycles. The number of alkyl carbamates (subject to hydrolysis) is 2. The van der Waals surface area contributed by atoms with Gasteiger partial charge in [0.1, 0.15) is 6.04 Å². The molecule has 0 saturated carbocycles. The van der Waals surface area contributed by atoms with Gasteiger partial charge in [-0.1, -0.05) is 0 Å². The molecule has 1 aliphatic heterocycles. The number of rotatable bonds is 3. The zero-order valence-corrected chi connectivity index (χ0v) is 10.2. The standard InChI is InChI=1S/C10H16N2O6/c1-16-9(14)11-7(6-3-4-18-5-6)8(13)12-10(15)17-2/h6-7H,3-5H2,1-2H3,(H,11,14)(H,12,13,15)/t6-,7?/m0/s1. The maximum atomic E-state index is 11.8. The lowest BCUT2D eigenvalue weighted by Gasteiger charge is -2.21. The number of ether oxygens (including phenoxy) is 3. The van der Waals surface area contributed by atoms with Crippen molar-refractivity contribution in [3.05, 3.63) is 0 Å². The fourth-order valence-electron chi connectivity index (χ4n) is 1.63. The van der Waals surface area contributed by atoms with E-state index in [-0.39, 0.29) is 5.92 Å². The van der Waals surface area contributed by atoms with E-state index in [4.69, 9.17) is 4.74 Å². The van der Waals surface area contributed by atoms with Crippen LogP contribution in [0.1, 0.15) is 6.42 Å². The molecule has 2 N–H and O–H groups in total. The number of imide groups is 1. The minimum atomic E-state index is -0.890. The third-order valence-electron chi connectivity index (χ3n) is 2.59. The maximum Gasteiger partial charge on any atom is 0.413 e. The number of carbonyl (C=O) groups excluding carboxylic acids is 3. The number of methoxy groups -OCH3 is 2. The Morgan fingerprint density at radius 1 is 1.22 bits per heavy atom. The van der Waals surface area contributed by atoms with Crippen molar-refractivity contribution in [1.82, 2.24) is 10.6 Å². The van der Waals surface area contributed by atoms with Crippen LogP contribution in [0.25, 0.3) is 0 Å². The molecule has 8 nitrogen and oxygen atoms in total. The summed E-state index contributed by atoms with van der Waals surface area (Å²) in [6.45, 7) is 0.846. The van der Waals surface area contributed by atoms with Gasteiger partial charge in [0.2, 0.25) is 0 Å². The lowest BCUT2D eigenvalue weighted by atomic mass is 9.98. The smallest absolute Gasteiger partial charge is 0.413 e. The van der Waals surface area contributed by atoms with Crippen molar-refractivity contribution in [2.45, 2.75) is 12.5 Å². The summed E-state index contributed by atoms with van der Waals surface area (Å²) in [5.74, 6) is -0.850.